The Bertz CT molecular complexity index is 536. The fraction of sp³-hybridized carbons (Fsp3) is 0.0833. The molecule has 2 N–H and O–H groups in total. The summed E-state index contributed by atoms with van der Waals surface area (Å²) in [6.07, 6.45) is 1.77. The molecule has 0 spiro atoms. The quantitative estimate of drug-likeness (QED) is 0.651. The predicted molar refractivity (Wildman–Crippen MR) is 67.4 cm³/mol. The molecular formula is C12H12N2OS. The highest BCUT2D eigenvalue weighted by molar-refractivity contribution is 7.98. The Morgan fingerprint density at radius 3 is 2.62 bits per heavy atom. The minimum atomic E-state index is 0.00417. The van der Waals surface area contributed by atoms with E-state index in [0.717, 1.165) is 10.6 Å². The highest BCUT2D eigenvalue weighted by Crippen LogP contribution is 2.24. The van der Waals surface area contributed by atoms with Crippen molar-refractivity contribution in [2.24, 2.45) is 0 Å². The van der Waals surface area contributed by atoms with Gasteiger partial charge in [-0.25, -0.2) is 0 Å². The number of thioether (sulfide) groups is 1. The Morgan fingerprint density at radius 1 is 1.12 bits per heavy atom. The third-order valence-corrected chi connectivity index (χ3v) is 3.27. The van der Waals surface area contributed by atoms with Crippen LogP contribution in [0.2, 0.25) is 0 Å². The first-order chi connectivity index (χ1) is 7.77. The fourth-order valence-electron chi connectivity index (χ4n) is 1.32. The van der Waals surface area contributed by atoms with Gasteiger partial charge in [-0.05, 0) is 18.2 Å². The zero-order chi connectivity index (χ0) is 11.4. The monoisotopic (exact) mass is 232 g/mol. The van der Waals surface area contributed by atoms with E-state index in [1.807, 2.05) is 30.3 Å². The summed E-state index contributed by atoms with van der Waals surface area (Å²) >= 11 is 1.55. The van der Waals surface area contributed by atoms with Crippen molar-refractivity contribution in [3.05, 3.63) is 59.0 Å². The number of benzene rings is 1. The first-order valence-corrected chi connectivity index (χ1v) is 5.89. The number of nitrogen functional groups attached to an aromatic ring is 1. The molecule has 16 heavy (non-hydrogen) atoms. The van der Waals surface area contributed by atoms with E-state index in [2.05, 4.69) is 0 Å². The molecule has 0 aliphatic rings. The summed E-state index contributed by atoms with van der Waals surface area (Å²) in [7, 11) is 0. The van der Waals surface area contributed by atoms with Crippen LogP contribution in [-0.4, -0.2) is 4.57 Å². The Morgan fingerprint density at radius 2 is 1.88 bits per heavy atom. The number of nitrogens with two attached hydrogens (primary N) is 1. The second-order valence-electron chi connectivity index (χ2n) is 3.32. The van der Waals surface area contributed by atoms with Crippen LogP contribution in [0.4, 0.5) is 5.69 Å². The van der Waals surface area contributed by atoms with Gasteiger partial charge in [-0.3, -0.25) is 4.79 Å². The van der Waals surface area contributed by atoms with E-state index in [1.165, 1.54) is 0 Å². The van der Waals surface area contributed by atoms with Crippen LogP contribution < -0.4 is 11.3 Å². The molecule has 1 aromatic carbocycles. The van der Waals surface area contributed by atoms with Crippen LogP contribution in [0.25, 0.3) is 0 Å². The molecule has 0 saturated heterocycles. The molecule has 0 amide bonds. The van der Waals surface area contributed by atoms with E-state index in [1.54, 1.807) is 34.7 Å². The van der Waals surface area contributed by atoms with Gasteiger partial charge in [-0.2, -0.15) is 0 Å². The third-order valence-electron chi connectivity index (χ3n) is 2.18. The lowest BCUT2D eigenvalue weighted by molar-refractivity contribution is 0.839. The lowest BCUT2D eigenvalue weighted by atomic mass is 10.3. The van der Waals surface area contributed by atoms with Crippen LogP contribution in [0, 0.1) is 0 Å². The van der Waals surface area contributed by atoms with E-state index < -0.39 is 0 Å². The van der Waals surface area contributed by atoms with Crippen molar-refractivity contribution in [2.45, 2.75) is 10.8 Å². The smallest absolute Gasteiger partial charge is 0.251 e. The largest absolute Gasteiger partial charge is 0.398 e. The van der Waals surface area contributed by atoms with Gasteiger partial charge in [0.25, 0.3) is 5.56 Å². The zero-order valence-electron chi connectivity index (χ0n) is 8.67. The predicted octanol–water partition coefficient (Wildman–Crippen LogP) is 2.18. The zero-order valence-corrected chi connectivity index (χ0v) is 9.48. The molecule has 4 heteroatoms. The van der Waals surface area contributed by atoms with E-state index in [4.69, 9.17) is 5.73 Å². The molecule has 0 fully saturated rings. The maximum absolute atomic E-state index is 11.4. The summed E-state index contributed by atoms with van der Waals surface area (Å²) in [4.78, 5) is 12.4. The molecule has 2 rings (SSSR count). The molecule has 0 atom stereocenters. The molecule has 1 aromatic heterocycles. The lowest BCUT2D eigenvalue weighted by Crippen LogP contribution is -2.16. The molecule has 0 bridgehead atoms. The normalized spacial score (nSPS) is 10.2. The fourth-order valence-corrected chi connectivity index (χ4v) is 2.22. The summed E-state index contributed by atoms with van der Waals surface area (Å²) in [6.45, 7) is 0. The number of hydrogen-bond acceptors (Lipinski definition) is 3. The third kappa shape index (κ3) is 2.46. The van der Waals surface area contributed by atoms with Crippen LogP contribution in [-0.2, 0) is 5.88 Å². The average molecular weight is 232 g/mol. The number of rotatable bonds is 3. The van der Waals surface area contributed by atoms with Crippen molar-refractivity contribution < 1.29 is 0 Å². The van der Waals surface area contributed by atoms with Crippen molar-refractivity contribution in [2.75, 3.05) is 5.73 Å². The van der Waals surface area contributed by atoms with Gasteiger partial charge >= 0.3 is 0 Å². The Hall–Kier alpha value is -1.68. The minimum Gasteiger partial charge on any atom is -0.398 e. The summed E-state index contributed by atoms with van der Waals surface area (Å²) in [5.74, 6) is 0.577. The van der Waals surface area contributed by atoms with Crippen LogP contribution in [0.3, 0.4) is 0 Å². The summed E-state index contributed by atoms with van der Waals surface area (Å²) in [5, 5.41) is 0. The second-order valence-corrected chi connectivity index (χ2v) is 4.31. The summed E-state index contributed by atoms with van der Waals surface area (Å²) in [6, 6.07) is 12.8. The molecule has 2 aromatic rings. The molecule has 82 valence electrons. The number of pyridine rings is 1. The van der Waals surface area contributed by atoms with Gasteiger partial charge in [-0.1, -0.05) is 18.2 Å². The number of hydrogen-bond donors (Lipinski definition) is 1. The molecule has 0 unspecified atom stereocenters. The Kier molecular flexibility index (Phi) is 3.31. The van der Waals surface area contributed by atoms with E-state index in [0.29, 0.717) is 5.88 Å². The van der Waals surface area contributed by atoms with Gasteiger partial charge in [0.2, 0.25) is 0 Å². The summed E-state index contributed by atoms with van der Waals surface area (Å²) < 4.78 is 1.65. The highest BCUT2D eigenvalue weighted by Gasteiger charge is 1.99. The molecule has 0 saturated carbocycles. The van der Waals surface area contributed by atoms with E-state index in [-0.39, 0.29) is 5.56 Å². The van der Waals surface area contributed by atoms with E-state index >= 15 is 0 Å². The lowest BCUT2D eigenvalue weighted by Gasteiger charge is -2.06. The van der Waals surface area contributed by atoms with Gasteiger partial charge in [-0.15, -0.1) is 11.8 Å². The van der Waals surface area contributed by atoms with Gasteiger partial charge in [0, 0.05) is 22.8 Å². The number of para-hydroxylation sites is 1. The van der Waals surface area contributed by atoms with Crippen LogP contribution in [0.15, 0.2) is 58.4 Å². The molecule has 3 nitrogen and oxygen atoms in total. The molecule has 0 radical (unpaired) electrons. The number of aromatic nitrogens is 1. The average Bonchev–Trinajstić information content (AvgIpc) is 2.30. The van der Waals surface area contributed by atoms with Gasteiger partial charge in [0.1, 0.15) is 0 Å². The van der Waals surface area contributed by atoms with Crippen molar-refractivity contribution in [3.8, 4) is 0 Å². The second kappa shape index (κ2) is 4.90. The molecule has 1 heterocycles. The van der Waals surface area contributed by atoms with Crippen molar-refractivity contribution in [1.82, 2.24) is 4.57 Å². The first kappa shape index (κ1) is 10.8. The number of anilines is 1. The summed E-state index contributed by atoms with van der Waals surface area (Å²) in [5.41, 5.74) is 6.57. The maximum Gasteiger partial charge on any atom is 0.251 e. The van der Waals surface area contributed by atoms with Gasteiger partial charge in [0.05, 0.1) is 5.88 Å². The standard InChI is InChI=1S/C12H12N2OS/c13-10-5-1-2-6-11(10)16-9-14-8-4-3-7-12(14)15/h1-8H,9,13H2. The van der Waals surface area contributed by atoms with Gasteiger partial charge in [0.15, 0.2) is 0 Å². The topological polar surface area (TPSA) is 48.0 Å². The minimum absolute atomic E-state index is 0.00417. The molecule has 0 aliphatic heterocycles. The Balaban J connectivity index is 2.12. The van der Waals surface area contributed by atoms with Crippen LogP contribution in [0.5, 0.6) is 0 Å². The van der Waals surface area contributed by atoms with Crippen molar-refractivity contribution in [3.63, 3.8) is 0 Å². The SMILES string of the molecule is Nc1ccccc1SCn1ccccc1=O. The number of nitrogens with zero attached hydrogens (tertiary/aromatic N) is 1. The van der Waals surface area contributed by atoms with E-state index in [9.17, 15) is 4.79 Å². The van der Waals surface area contributed by atoms with Crippen LogP contribution >= 0.6 is 11.8 Å². The maximum atomic E-state index is 11.4. The molecule has 0 aliphatic carbocycles. The highest BCUT2D eigenvalue weighted by atomic mass is 32.2. The molecular weight excluding hydrogens is 220 g/mol. The van der Waals surface area contributed by atoms with Crippen molar-refractivity contribution >= 4 is 17.4 Å². The van der Waals surface area contributed by atoms with Crippen LogP contribution in [0.1, 0.15) is 0 Å². The van der Waals surface area contributed by atoms with Crippen molar-refractivity contribution in [1.29, 1.82) is 0 Å². The van der Waals surface area contributed by atoms with Gasteiger partial charge < -0.3 is 10.3 Å². The first-order valence-electron chi connectivity index (χ1n) is 4.90. The Labute approximate surface area is 97.9 Å².